The van der Waals surface area contributed by atoms with Gasteiger partial charge in [-0.25, -0.2) is 4.79 Å². The third kappa shape index (κ3) is 2.38. The topological polar surface area (TPSA) is 78.3 Å². The van der Waals surface area contributed by atoms with E-state index in [4.69, 9.17) is 10.3 Å². The van der Waals surface area contributed by atoms with Gasteiger partial charge in [-0.1, -0.05) is 35.4 Å². The Kier molecular flexibility index (Phi) is 3.69. The Balaban J connectivity index is 2.18. The molecule has 1 fully saturated rings. The Morgan fingerprint density at radius 2 is 2.28 bits per heavy atom. The third-order valence-corrected chi connectivity index (χ3v) is 3.06. The van der Waals surface area contributed by atoms with Crippen LogP contribution in [0, 0.1) is 0 Å². The minimum absolute atomic E-state index is 0.0971. The molecule has 0 spiro atoms. The van der Waals surface area contributed by atoms with Crippen LogP contribution in [-0.2, 0) is 4.74 Å². The first-order valence-corrected chi connectivity index (χ1v) is 5.75. The van der Waals surface area contributed by atoms with Crippen molar-refractivity contribution in [1.29, 1.82) is 0 Å². The molecule has 1 saturated heterocycles. The fourth-order valence-electron chi connectivity index (χ4n) is 2.11. The van der Waals surface area contributed by atoms with E-state index in [2.05, 4.69) is 10.0 Å². The van der Waals surface area contributed by atoms with Gasteiger partial charge in [-0.15, -0.1) is 0 Å². The summed E-state index contributed by atoms with van der Waals surface area (Å²) in [4.78, 5) is 16.1. The Morgan fingerprint density at radius 3 is 2.94 bits per heavy atom. The molecular formula is C12H14N4O2. The SMILES string of the molecule is C[C@H](c1ccccc1)N1C(=O)OC[C@H]1CN=[N+]=[N-]. The van der Waals surface area contributed by atoms with E-state index in [0.717, 1.165) is 5.56 Å². The first kappa shape index (κ1) is 12.3. The van der Waals surface area contributed by atoms with Crippen molar-refractivity contribution in [2.75, 3.05) is 13.2 Å². The number of hydrogen-bond donors (Lipinski definition) is 0. The molecule has 0 aliphatic carbocycles. The van der Waals surface area contributed by atoms with E-state index in [1.807, 2.05) is 37.3 Å². The summed E-state index contributed by atoms with van der Waals surface area (Å²) in [6.07, 6.45) is -0.357. The number of azide groups is 1. The van der Waals surface area contributed by atoms with Gasteiger partial charge in [-0.2, -0.15) is 0 Å². The Hall–Kier alpha value is -2.20. The van der Waals surface area contributed by atoms with Crippen LogP contribution >= 0.6 is 0 Å². The molecule has 1 aliphatic heterocycles. The number of rotatable bonds is 4. The molecule has 0 radical (unpaired) electrons. The van der Waals surface area contributed by atoms with Gasteiger partial charge in [0.1, 0.15) is 6.61 Å². The second-order valence-corrected chi connectivity index (χ2v) is 4.14. The normalized spacial score (nSPS) is 20.2. The molecule has 6 nitrogen and oxygen atoms in total. The van der Waals surface area contributed by atoms with Gasteiger partial charge >= 0.3 is 6.09 Å². The van der Waals surface area contributed by atoms with Crippen molar-refractivity contribution in [3.8, 4) is 0 Å². The molecule has 0 aromatic heterocycles. The molecule has 0 saturated carbocycles. The van der Waals surface area contributed by atoms with Gasteiger partial charge in [-0.3, -0.25) is 4.90 Å². The number of benzene rings is 1. The highest BCUT2D eigenvalue weighted by Gasteiger charge is 2.36. The predicted octanol–water partition coefficient (Wildman–Crippen LogP) is 2.88. The van der Waals surface area contributed by atoms with Crippen molar-refractivity contribution in [2.45, 2.75) is 19.0 Å². The summed E-state index contributed by atoms with van der Waals surface area (Å²) >= 11 is 0. The number of carbonyl (C=O) groups is 1. The van der Waals surface area contributed by atoms with Crippen molar-refractivity contribution in [2.24, 2.45) is 5.11 Å². The van der Waals surface area contributed by atoms with Crippen LogP contribution in [0.15, 0.2) is 35.4 Å². The zero-order valence-corrected chi connectivity index (χ0v) is 10.1. The van der Waals surface area contributed by atoms with Gasteiger partial charge in [0.25, 0.3) is 0 Å². The minimum Gasteiger partial charge on any atom is -0.447 e. The monoisotopic (exact) mass is 246 g/mol. The van der Waals surface area contributed by atoms with Crippen LogP contribution in [0.3, 0.4) is 0 Å². The molecule has 0 unspecified atom stereocenters. The van der Waals surface area contributed by atoms with E-state index < -0.39 is 0 Å². The number of cyclic esters (lactones) is 1. The highest BCUT2D eigenvalue weighted by Crippen LogP contribution is 2.27. The van der Waals surface area contributed by atoms with Gasteiger partial charge in [0.05, 0.1) is 12.1 Å². The molecule has 2 atom stereocenters. The Bertz CT molecular complexity index is 470. The lowest BCUT2D eigenvalue weighted by atomic mass is 10.1. The highest BCUT2D eigenvalue weighted by atomic mass is 16.6. The number of nitrogens with zero attached hydrogens (tertiary/aromatic N) is 4. The molecule has 18 heavy (non-hydrogen) atoms. The molecule has 1 aliphatic rings. The number of amides is 1. The van der Waals surface area contributed by atoms with Crippen LogP contribution in [0.1, 0.15) is 18.5 Å². The molecule has 94 valence electrons. The molecule has 2 rings (SSSR count). The van der Waals surface area contributed by atoms with Crippen LogP contribution in [0.25, 0.3) is 10.4 Å². The highest BCUT2D eigenvalue weighted by molar-refractivity contribution is 5.70. The zero-order chi connectivity index (χ0) is 13.0. The van der Waals surface area contributed by atoms with Gasteiger partial charge in [0.2, 0.25) is 0 Å². The maximum Gasteiger partial charge on any atom is 0.410 e. The largest absolute Gasteiger partial charge is 0.447 e. The number of ether oxygens (including phenoxy) is 1. The van der Waals surface area contributed by atoms with Crippen molar-refractivity contribution in [1.82, 2.24) is 4.90 Å². The smallest absolute Gasteiger partial charge is 0.410 e. The summed E-state index contributed by atoms with van der Waals surface area (Å²) < 4.78 is 5.02. The van der Waals surface area contributed by atoms with Gasteiger partial charge in [-0.05, 0) is 18.0 Å². The molecule has 1 aromatic carbocycles. The maximum atomic E-state index is 11.7. The second kappa shape index (κ2) is 5.42. The van der Waals surface area contributed by atoms with E-state index in [9.17, 15) is 4.79 Å². The van der Waals surface area contributed by atoms with Crippen molar-refractivity contribution in [3.63, 3.8) is 0 Å². The van der Waals surface area contributed by atoms with Gasteiger partial charge in [0, 0.05) is 11.5 Å². The van der Waals surface area contributed by atoms with Crippen LogP contribution in [0.2, 0.25) is 0 Å². The van der Waals surface area contributed by atoms with Crippen molar-refractivity contribution >= 4 is 6.09 Å². The van der Waals surface area contributed by atoms with E-state index >= 15 is 0 Å². The van der Waals surface area contributed by atoms with E-state index in [1.165, 1.54) is 0 Å². The van der Waals surface area contributed by atoms with Crippen molar-refractivity contribution < 1.29 is 9.53 Å². The lowest BCUT2D eigenvalue weighted by Gasteiger charge is -2.27. The fraction of sp³-hybridized carbons (Fsp3) is 0.417. The van der Waals surface area contributed by atoms with Crippen LogP contribution in [0.5, 0.6) is 0 Å². The summed E-state index contributed by atoms with van der Waals surface area (Å²) in [6.45, 7) is 2.44. The quantitative estimate of drug-likeness (QED) is 0.465. The van der Waals surface area contributed by atoms with E-state index in [-0.39, 0.29) is 31.3 Å². The molecule has 6 heteroatoms. The number of carbonyl (C=O) groups excluding carboxylic acids is 1. The molecule has 1 amide bonds. The lowest BCUT2D eigenvalue weighted by molar-refractivity contribution is 0.147. The van der Waals surface area contributed by atoms with E-state index in [0.29, 0.717) is 0 Å². The molecule has 0 N–H and O–H groups in total. The van der Waals surface area contributed by atoms with Crippen LogP contribution in [-0.4, -0.2) is 30.2 Å². The van der Waals surface area contributed by atoms with Crippen LogP contribution < -0.4 is 0 Å². The van der Waals surface area contributed by atoms with Gasteiger partial charge < -0.3 is 4.74 Å². The predicted molar refractivity (Wildman–Crippen MR) is 65.8 cm³/mol. The summed E-state index contributed by atoms with van der Waals surface area (Å²) in [5, 5.41) is 3.52. The standard InChI is InChI=1S/C12H14N4O2/c1-9(10-5-3-2-4-6-10)16-11(7-14-15-13)8-18-12(16)17/h2-6,9,11H,7-8H2,1H3/t9-,11-/m1/s1. The molecular weight excluding hydrogens is 232 g/mol. The lowest BCUT2D eigenvalue weighted by Crippen LogP contribution is -2.37. The average molecular weight is 246 g/mol. The second-order valence-electron chi connectivity index (χ2n) is 4.14. The summed E-state index contributed by atoms with van der Waals surface area (Å²) in [7, 11) is 0. The Morgan fingerprint density at radius 1 is 1.56 bits per heavy atom. The molecule has 1 aromatic rings. The summed E-state index contributed by atoms with van der Waals surface area (Å²) in [5.41, 5.74) is 9.38. The maximum absolute atomic E-state index is 11.7. The number of hydrogen-bond acceptors (Lipinski definition) is 3. The first-order chi connectivity index (χ1) is 8.74. The first-order valence-electron chi connectivity index (χ1n) is 5.75. The fourth-order valence-corrected chi connectivity index (χ4v) is 2.11. The van der Waals surface area contributed by atoms with Crippen LogP contribution in [0.4, 0.5) is 4.79 Å². The van der Waals surface area contributed by atoms with Gasteiger partial charge in [0.15, 0.2) is 0 Å². The zero-order valence-electron chi connectivity index (χ0n) is 10.1. The summed E-state index contributed by atoms with van der Waals surface area (Å²) in [6, 6.07) is 9.41. The van der Waals surface area contributed by atoms with E-state index in [1.54, 1.807) is 4.90 Å². The molecule has 1 heterocycles. The summed E-state index contributed by atoms with van der Waals surface area (Å²) in [5.74, 6) is 0. The average Bonchev–Trinajstić information content (AvgIpc) is 2.77. The minimum atomic E-state index is -0.357. The molecule has 0 bridgehead atoms. The van der Waals surface area contributed by atoms with Crippen molar-refractivity contribution in [3.05, 3.63) is 46.3 Å². The Labute approximate surface area is 105 Å². The third-order valence-electron chi connectivity index (χ3n) is 3.06.